The van der Waals surface area contributed by atoms with Gasteiger partial charge in [-0.05, 0) is 39.0 Å². The van der Waals surface area contributed by atoms with Gasteiger partial charge in [-0.15, -0.1) is 11.6 Å². The molecule has 1 heterocycles. The Hall–Kier alpha value is -0.510. The van der Waals surface area contributed by atoms with Gasteiger partial charge in [-0.25, -0.2) is 15.2 Å². The molecule has 1 saturated heterocycles. The average molecular weight is 377 g/mol. The lowest BCUT2D eigenvalue weighted by Gasteiger charge is -2.71. The predicted octanol–water partition coefficient (Wildman–Crippen LogP) is 0.636. The molecule has 1 amide bonds. The van der Waals surface area contributed by atoms with E-state index in [9.17, 15) is 9.18 Å². The van der Waals surface area contributed by atoms with Crippen molar-refractivity contribution in [1.82, 2.24) is 21.5 Å². The van der Waals surface area contributed by atoms with E-state index in [4.69, 9.17) is 21.1 Å². The lowest BCUT2D eigenvalue weighted by atomic mass is 9.44. The number of carbonyl (C=O) groups is 1. The first-order valence-electron chi connectivity index (χ1n) is 9.02. The van der Waals surface area contributed by atoms with Crippen molar-refractivity contribution < 1.29 is 18.7 Å². The SMILES string of the molecule is CC1NNC(NC23CC(NC(=O)COC4CCC(Cl)C(F)C4)(C2)C3)O1. The molecule has 2 bridgehead atoms. The Morgan fingerprint density at radius 3 is 2.72 bits per heavy atom. The van der Waals surface area contributed by atoms with Crippen LogP contribution >= 0.6 is 11.6 Å². The number of amides is 1. The van der Waals surface area contributed by atoms with E-state index in [0.29, 0.717) is 12.8 Å². The van der Waals surface area contributed by atoms with Gasteiger partial charge in [0.15, 0.2) is 6.35 Å². The van der Waals surface area contributed by atoms with Crippen LogP contribution < -0.4 is 21.5 Å². The second-order valence-electron chi connectivity index (χ2n) is 8.01. The topological polar surface area (TPSA) is 83.7 Å². The molecule has 5 atom stereocenters. The van der Waals surface area contributed by atoms with E-state index in [1.54, 1.807) is 0 Å². The summed E-state index contributed by atoms with van der Waals surface area (Å²) in [5, 5.41) is 6.10. The summed E-state index contributed by atoms with van der Waals surface area (Å²) < 4.78 is 24.8. The van der Waals surface area contributed by atoms with Crippen LogP contribution in [-0.4, -0.2) is 53.8 Å². The smallest absolute Gasteiger partial charge is 0.246 e. The summed E-state index contributed by atoms with van der Waals surface area (Å²) >= 11 is 5.86. The third kappa shape index (κ3) is 3.65. The van der Waals surface area contributed by atoms with Crippen LogP contribution in [0.3, 0.4) is 0 Å². The van der Waals surface area contributed by atoms with Gasteiger partial charge in [0.1, 0.15) is 19.0 Å². The van der Waals surface area contributed by atoms with E-state index in [2.05, 4.69) is 21.5 Å². The van der Waals surface area contributed by atoms with Gasteiger partial charge in [-0.3, -0.25) is 10.1 Å². The number of hydrogen-bond acceptors (Lipinski definition) is 6. The summed E-state index contributed by atoms with van der Waals surface area (Å²) in [6.45, 7) is 1.92. The fraction of sp³-hybridized carbons (Fsp3) is 0.938. The second-order valence-corrected chi connectivity index (χ2v) is 8.57. The Bertz CT molecular complexity index is 520. The molecule has 9 heteroatoms. The Labute approximate surface area is 151 Å². The van der Waals surface area contributed by atoms with Crippen LogP contribution in [0.4, 0.5) is 4.39 Å². The second kappa shape index (κ2) is 6.58. The number of carbonyl (C=O) groups excluding carboxylic acids is 1. The van der Waals surface area contributed by atoms with Crippen molar-refractivity contribution in [2.45, 2.75) is 86.8 Å². The molecule has 5 fully saturated rings. The van der Waals surface area contributed by atoms with E-state index in [-0.39, 0.29) is 48.7 Å². The van der Waals surface area contributed by atoms with Crippen molar-refractivity contribution in [1.29, 1.82) is 0 Å². The summed E-state index contributed by atoms with van der Waals surface area (Å²) in [4.78, 5) is 12.1. The zero-order valence-electron chi connectivity index (χ0n) is 14.3. The number of hydrazine groups is 1. The molecular formula is C16H26ClFN4O3. The third-order valence-corrected chi connectivity index (χ3v) is 6.22. The molecule has 0 aromatic rings. The normalized spacial score (nSPS) is 48.5. The molecule has 4 saturated carbocycles. The van der Waals surface area contributed by atoms with E-state index in [1.807, 2.05) is 6.92 Å². The highest BCUT2D eigenvalue weighted by Gasteiger charge is 2.69. The van der Waals surface area contributed by atoms with Crippen molar-refractivity contribution in [3.63, 3.8) is 0 Å². The quantitative estimate of drug-likeness (QED) is 0.509. The van der Waals surface area contributed by atoms with Crippen LogP contribution in [0.15, 0.2) is 0 Å². The highest BCUT2D eigenvalue weighted by Crippen LogP contribution is 2.60. The molecule has 0 spiro atoms. The largest absolute Gasteiger partial charge is 0.368 e. The molecule has 0 radical (unpaired) electrons. The number of alkyl halides is 2. The van der Waals surface area contributed by atoms with Crippen molar-refractivity contribution >= 4 is 17.5 Å². The molecule has 0 aromatic heterocycles. The maximum absolute atomic E-state index is 13.6. The van der Waals surface area contributed by atoms with Gasteiger partial charge in [0.05, 0.1) is 11.5 Å². The molecule has 25 heavy (non-hydrogen) atoms. The van der Waals surface area contributed by atoms with Crippen LogP contribution in [0.2, 0.25) is 0 Å². The Kier molecular flexibility index (Phi) is 4.71. The summed E-state index contributed by atoms with van der Waals surface area (Å²) in [6, 6.07) is 0. The van der Waals surface area contributed by atoms with Gasteiger partial charge < -0.3 is 14.8 Å². The number of nitrogens with one attached hydrogen (secondary N) is 4. The zero-order chi connectivity index (χ0) is 17.7. The van der Waals surface area contributed by atoms with Crippen molar-refractivity contribution in [2.24, 2.45) is 0 Å². The zero-order valence-corrected chi connectivity index (χ0v) is 15.1. The highest BCUT2D eigenvalue weighted by molar-refractivity contribution is 6.21. The van der Waals surface area contributed by atoms with Crippen LogP contribution in [0.5, 0.6) is 0 Å². The lowest BCUT2D eigenvalue weighted by molar-refractivity contribution is -0.157. The first-order chi connectivity index (χ1) is 11.9. The van der Waals surface area contributed by atoms with E-state index < -0.39 is 11.5 Å². The molecule has 1 aliphatic heterocycles. The number of rotatable bonds is 6. The summed E-state index contributed by atoms with van der Waals surface area (Å²) in [5.41, 5.74) is 5.98. The van der Waals surface area contributed by atoms with E-state index in [1.165, 1.54) is 0 Å². The number of hydrogen-bond donors (Lipinski definition) is 4. The number of ether oxygens (including phenoxy) is 2. The van der Waals surface area contributed by atoms with Gasteiger partial charge in [-0.1, -0.05) is 0 Å². The minimum atomic E-state index is -1.05. The van der Waals surface area contributed by atoms with Crippen molar-refractivity contribution in [2.75, 3.05) is 6.61 Å². The summed E-state index contributed by atoms with van der Waals surface area (Å²) in [7, 11) is 0. The first-order valence-corrected chi connectivity index (χ1v) is 9.46. The summed E-state index contributed by atoms with van der Waals surface area (Å²) in [6.07, 6.45) is 2.79. The Balaban J connectivity index is 1.15. The molecule has 5 aliphatic rings. The van der Waals surface area contributed by atoms with Crippen molar-refractivity contribution in [3.05, 3.63) is 0 Å². The Morgan fingerprint density at radius 1 is 1.32 bits per heavy atom. The lowest BCUT2D eigenvalue weighted by Crippen LogP contribution is -2.84. The molecule has 142 valence electrons. The maximum Gasteiger partial charge on any atom is 0.246 e. The standard InChI is InChI=1S/C16H26ClFN4O3/c1-9-21-22-14(25-9)20-16-6-15(7-16,8-16)19-13(23)5-24-10-2-3-11(17)12(18)4-10/h9-12,14,20-22H,2-8H2,1H3,(H,19,23). The molecule has 0 aromatic carbocycles. The molecular weight excluding hydrogens is 351 g/mol. The predicted molar refractivity (Wildman–Crippen MR) is 89.3 cm³/mol. The minimum Gasteiger partial charge on any atom is -0.368 e. The van der Waals surface area contributed by atoms with Gasteiger partial charge in [0.2, 0.25) is 5.91 Å². The highest BCUT2D eigenvalue weighted by atomic mass is 35.5. The average Bonchev–Trinajstić information content (AvgIpc) is 2.90. The molecule has 5 unspecified atom stereocenters. The fourth-order valence-electron chi connectivity index (χ4n) is 4.61. The van der Waals surface area contributed by atoms with Crippen molar-refractivity contribution in [3.8, 4) is 0 Å². The van der Waals surface area contributed by atoms with Gasteiger partial charge >= 0.3 is 0 Å². The first kappa shape index (κ1) is 17.9. The van der Waals surface area contributed by atoms with Crippen LogP contribution in [0.25, 0.3) is 0 Å². The Morgan fingerprint density at radius 2 is 2.08 bits per heavy atom. The molecule has 4 N–H and O–H groups in total. The van der Waals surface area contributed by atoms with Gasteiger partial charge in [0.25, 0.3) is 0 Å². The molecule has 5 rings (SSSR count). The number of halogens is 2. The van der Waals surface area contributed by atoms with Gasteiger partial charge in [0, 0.05) is 17.5 Å². The third-order valence-electron chi connectivity index (χ3n) is 5.73. The molecule has 4 aliphatic carbocycles. The maximum atomic E-state index is 13.6. The monoisotopic (exact) mass is 376 g/mol. The molecule has 7 nitrogen and oxygen atoms in total. The van der Waals surface area contributed by atoms with Crippen LogP contribution in [0.1, 0.15) is 45.4 Å². The summed E-state index contributed by atoms with van der Waals surface area (Å²) in [5.74, 6) is -0.123. The van der Waals surface area contributed by atoms with Crippen LogP contribution in [-0.2, 0) is 14.3 Å². The fourth-order valence-corrected chi connectivity index (χ4v) is 4.84. The minimum absolute atomic E-state index is 0.0127. The van der Waals surface area contributed by atoms with Gasteiger partial charge in [-0.2, -0.15) is 0 Å². The van der Waals surface area contributed by atoms with Crippen LogP contribution in [0, 0.1) is 0 Å². The van der Waals surface area contributed by atoms with E-state index in [0.717, 1.165) is 19.3 Å². The van der Waals surface area contributed by atoms with E-state index >= 15 is 0 Å².